The fraction of sp³-hybridized carbons (Fsp3) is 0.333. The van der Waals surface area contributed by atoms with Crippen molar-refractivity contribution in [1.82, 2.24) is 24.7 Å². The van der Waals surface area contributed by atoms with E-state index in [1.807, 2.05) is 0 Å². The second-order valence-electron chi connectivity index (χ2n) is 6.86. The molecule has 1 amide bonds. The predicted octanol–water partition coefficient (Wildman–Crippen LogP) is 2.50. The number of nitrogen functional groups attached to an aromatic ring is 1. The Labute approximate surface area is 159 Å². The van der Waals surface area contributed by atoms with Gasteiger partial charge >= 0.3 is 6.09 Å². The normalized spacial score (nSPS) is 19.5. The number of nitrogens with zero attached hydrogens (tertiary/aromatic N) is 4. The first-order valence-electron chi connectivity index (χ1n) is 9.01. The number of nitrogens with two attached hydrogens (primary N) is 1. The van der Waals surface area contributed by atoms with Crippen molar-refractivity contribution < 1.29 is 14.3 Å². The highest BCUT2D eigenvalue weighted by Crippen LogP contribution is 2.26. The summed E-state index contributed by atoms with van der Waals surface area (Å²) in [5, 5.41) is 14.7. The molecule has 0 unspecified atom stereocenters. The SMILES string of the molecule is Nc1cnc(-c2cnc3ccc(F)cn23)nc1N[C@H]1CC[C@H](NC(=O)O)CC1. The van der Waals surface area contributed by atoms with Crippen molar-refractivity contribution in [3.05, 3.63) is 36.5 Å². The Balaban J connectivity index is 1.53. The van der Waals surface area contributed by atoms with Crippen molar-refractivity contribution in [2.45, 2.75) is 37.8 Å². The molecular weight excluding hydrogens is 365 g/mol. The summed E-state index contributed by atoms with van der Waals surface area (Å²) < 4.78 is 15.2. The first kappa shape index (κ1) is 18.0. The molecule has 0 aromatic carbocycles. The van der Waals surface area contributed by atoms with Gasteiger partial charge in [-0.15, -0.1) is 0 Å². The van der Waals surface area contributed by atoms with Gasteiger partial charge in [-0.1, -0.05) is 0 Å². The highest BCUT2D eigenvalue weighted by atomic mass is 19.1. The highest BCUT2D eigenvalue weighted by Gasteiger charge is 2.23. The average molecular weight is 385 g/mol. The van der Waals surface area contributed by atoms with Gasteiger partial charge in [-0.3, -0.25) is 4.40 Å². The summed E-state index contributed by atoms with van der Waals surface area (Å²) in [7, 11) is 0. The molecule has 1 saturated carbocycles. The van der Waals surface area contributed by atoms with Gasteiger partial charge in [-0.05, 0) is 37.8 Å². The Morgan fingerprint density at radius 1 is 1.18 bits per heavy atom. The quantitative estimate of drug-likeness (QED) is 0.543. The third-order valence-electron chi connectivity index (χ3n) is 4.91. The molecule has 0 saturated heterocycles. The minimum atomic E-state index is -0.995. The predicted molar refractivity (Wildman–Crippen MR) is 101 cm³/mol. The summed E-state index contributed by atoms with van der Waals surface area (Å²) in [5.41, 5.74) is 7.60. The molecule has 4 rings (SSSR count). The molecule has 1 aliphatic rings. The average Bonchev–Trinajstić information content (AvgIpc) is 3.08. The van der Waals surface area contributed by atoms with E-state index in [2.05, 4.69) is 25.6 Å². The first-order chi connectivity index (χ1) is 13.5. The second kappa shape index (κ2) is 7.29. The molecule has 1 fully saturated rings. The second-order valence-corrected chi connectivity index (χ2v) is 6.86. The van der Waals surface area contributed by atoms with Gasteiger partial charge in [0.2, 0.25) is 0 Å². The number of aromatic nitrogens is 4. The van der Waals surface area contributed by atoms with Crippen LogP contribution < -0.4 is 16.4 Å². The van der Waals surface area contributed by atoms with Gasteiger partial charge in [0.15, 0.2) is 11.6 Å². The number of hydrogen-bond donors (Lipinski definition) is 4. The zero-order chi connectivity index (χ0) is 19.7. The molecule has 10 heteroatoms. The fourth-order valence-corrected chi connectivity index (χ4v) is 3.50. The molecule has 28 heavy (non-hydrogen) atoms. The zero-order valence-corrected chi connectivity index (χ0v) is 15.0. The molecule has 0 spiro atoms. The van der Waals surface area contributed by atoms with E-state index in [9.17, 15) is 9.18 Å². The van der Waals surface area contributed by atoms with Gasteiger partial charge in [-0.2, -0.15) is 0 Å². The highest BCUT2D eigenvalue weighted by molar-refractivity contribution is 5.66. The summed E-state index contributed by atoms with van der Waals surface area (Å²) in [4.78, 5) is 23.8. The molecule has 1 aliphatic carbocycles. The lowest BCUT2D eigenvalue weighted by Crippen LogP contribution is -2.39. The van der Waals surface area contributed by atoms with Crippen molar-refractivity contribution in [2.75, 3.05) is 11.1 Å². The maximum Gasteiger partial charge on any atom is 0.404 e. The zero-order valence-electron chi connectivity index (χ0n) is 15.0. The summed E-state index contributed by atoms with van der Waals surface area (Å²) in [6.07, 6.45) is 6.53. The van der Waals surface area contributed by atoms with Gasteiger partial charge in [0, 0.05) is 18.3 Å². The number of pyridine rings is 1. The first-order valence-corrected chi connectivity index (χ1v) is 9.01. The number of halogens is 1. The number of rotatable bonds is 4. The summed E-state index contributed by atoms with van der Waals surface area (Å²) in [5.74, 6) is 0.509. The van der Waals surface area contributed by atoms with Crippen LogP contribution in [0.15, 0.2) is 30.7 Å². The smallest absolute Gasteiger partial charge is 0.404 e. The third-order valence-corrected chi connectivity index (χ3v) is 4.91. The minimum Gasteiger partial charge on any atom is -0.465 e. The van der Waals surface area contributed by atoms with E-state index in [1.165, 1.54) is 18.5 Å². The molecule has 3 aromatic rings. The number of carbonyl (C=O) groups is 1. The largest absolute Gasteiger partial charge is 0.465 e. The van der Waals surface area contributed by atoms with Gasteiger partial charge in [-0.25, -0.2) is 24.1 Å². The van der Waals surface area contributed by atoms with Gasteiger partial charge in [0.05, 0.1) is 18.1 Å². The van der Waals surface area contributed by atoms with Crippen molar-refractivity contribution >= 4 is 23.2 Å². The molecule has 0 bridgehead atoms. The van der Waals surface area contributed by atoms with Crippen LogP contribution in [0.1, 0.15) is 25.7 Å². The van der Waals surface area contributed by atoms with E-state index in [4.69, 9.17) is 10.8 Å². The molecule has 3 aromatic heterocycles. The van der Waals surface area contributed by atoms with E-state index < -0.39 is 6.09 Å². The van der Waals surface area contributed by atoms with Crippen LogP contribution in [-0.4, -0.2) is 42.6 Å². The van der Waals surface area contributed by atoms with E-state index in [1.54, 1.807) is 16.7 Å². The van der Waals surface area contributed by atoms with Crippen LogP contribution in [0.3, 0.4) is 0 Å². The molecule has 0 aliphatic heterocycles. The Morgan fingerprint density at radius 2 is 1.93 bits per heavy atom. The molecular formula is C18H20FN7O2. The van der Waals surface area contributed by atoms with Crippen molar-refractivity contribution in [3.8, 4) is 11.5 Å². The van der Waals surface area contributed by atoms with Crippen LogP contribution in [0, 0.1) is 5.82 Å². The molecule has 9 nitrogen and oxygen atoms in total. The van der Waals surface area contributed by atoms with Crippen molar-refractivity contribution in [1.29, 1.82) is 0 Å². The molecule has 146 valence electrons. The topological polar surface area (TPSA) is 130 Å². The van der Waals surface area contributed by atoms with Crippen LogP contribution in [-0.2, 0) is 0 Å². The Kier molecular flexibility index (Phi) is 4.68. The van der Waals surface area contributed by atoms with Crippen LogP contribution in [0.5, 0.6) is 0 Å². The van der Waals surface area contributed by atoms with Crippen molar-refractivity contribution in [2.24, 2.45) is 0 Å². The number of imidazole rings is 1. The van der Waals surface area contributed by atoms with Crippen LogP contribution >= 0.6 is 0 Å². The molecule has 0 atom stereocenters. The van der Waals surface area contributed by atoms with Gasteiger partial charge < -0.3 is 21.5 Å². The van der Waals surface area contributed by atoms with Gasteiger partial charge in [0.25, 0.3) is 0 Å². The van der Waals surface area contributed by atoms with E-state index in [0.29, 0.717) is 28.7 Å². The minimum absolute atomic E-state index is 0.0260. The van der Waals surface area contributed by atoms with Crippen LogP contribution in [0.25, 0.3) is 17.2 Å². The van der Waals surface area contributed by atoms with Crippen LogP contribution in [0.4, 0.5) is 20.7 Å². The lowest BCUT2D eigenvalue weighted by Gasteiger charge is -2.29. The standard InChI is InChI=1S/C18H20FN7O2/c19-10-1-6-15-21-8-14(26(15)9-10)17-22-7-13(20)16(25-17)23-11-2-4-12(5-3-11)24-18(27)28/h1,6-9,11-12,24H,2-5,20H2,(H,27,28)(H,22,23,25)/t11-,12-. The number of carboxylic acid groups (broad SMARTS) is 1. The maximum atomic E-state index is 13.6. The number of anilines is 2. The Bertz CT molecular complexity index is 1010. The number of nitrogens with one attached hydrogen (secondary N) is 2. The van der Waals surface area contributed by atoms with Gasteiger partial charge in [0.1, 0.15) is 17.2 Å². The fourth-order valence-electron chi connectivity index (χ4n) is 3.50. The lowest BCUT2D eigenvalue weighted by atomic mass is 9.91. The summed E-state index contributed by atoms with van der Waals surface area (Å²) >= 11 is 0. The Morgan fingerprint density at radius 3 is 2.68 bits per heavy atom. The monoisotopic (exact) mass is 385 g/mol. The third kappa shape index (κ3) is 3.66. The van der Waals surface area contributed by atoms with E-state index in [0.717, 1.165) is 25.7 Å². The number of fused-ring (bicyclic) bond motifs is 1. The summed E-state index contributed by atoms with van der Waals surface area (Å²) in [6, 6.07) is 3.04. The van der Waals surface area contributed by atoms with Crippen LogP contribution in [0.2, 0.25) is 0 Å². The molecule has 0 radical (unpaired) electrons. The van der Waals surface area contributed by atoms with Crippen molar-refractivity contribution in [3.63, 3.8) is 0 Å². The maximum absolute atomic E-state index is 13.6. The van der Waals surface area contributed by atoms with E-state index in [-0.39, 0.29) is 17.9 Å². The summed E-state index contributed by atoms with van der Waals surface area (Å²) in [6.45, 7) is 0. The van der Waals surface area contributed by atoms with E-state index >= 15 is 0 Å². The Hall–Kier alpha value is -3.43. The molecule has 3 heterocycles. The number of hydrogen-bond acceptors (Lipinski definition) is 6. The lowest BCUT2D eigenvalue weighted by molar-refractivity contribution is 0.185. The molecule has 5 N–H and O–H groups in total. The number of amides is 1.